The third kappa shape index (κ3) is 7.19. The fourth-order valence-electron chi connectivity index (χ4n) is 4.05. The second-order valence-corrected chi connectivity index (χ2v) is 9.42. The molecule has 3 aromatic rings. The number of hydrogen-bond donors (Lipinski definition) is 1. The normalized spacial score (nSPS) is 16.0. The summed E-state index contributed by atoms with van der Waals surface area (Å²) in [5.74, 6) is 0.767. The fraction of sp³-hybridized carbons (Fsp3) is 0.310. The van der Waals surface area contributed by atoms with Gasteiger partial charge in [0.1, 0.15) is 0 Å². The molecule has 1 aliphatic heterocycles. The van der Waals surface area contributed by atoms with Crippen LogP contribution >= 0.6 is 11.6 Å². The zero-order valence-corrected chi connectivity index (χ0v) is 20.9. The van der Waals surface area contributed by atoms with E-state index in [1.54, 1.807) is 18.5 Å². The maximum absolute atomic E-state index is 12.4. The van der Waals surface area contributed by atoms with Crippen LogP contribution in [0.1, 0.15) is 59.7 Å². The van der Waals surface area contributed by atoms with Crippen LogP contribution in [0.2, 0.25) is 5.02 Å². The van der Waals surface area contributed by atoms with E-state index in [9.17, 15) is 4.79 Å². The van der Waals surface area contributed by atoms with E-state index < -0.39 is 0 Å². The molecule has 1 atom stereocenters. The van der Waals surface area contributed by atoms with E-state index in [1.807, 2.05) is 47.4 Å². The Labute approximate surface area is 208 Å². The molecule has 0 saturated carbocycles. The number of likely N-dealkylation sites (tertiary alicyclic amines) is 1. The molecular formula is C29H34ClN3O. The largest absolute Gasteiger partial charge is 0.397 e. The van der Waals surface area contributed by atoms with Crippen LogP contribution in [-0.2, 0) is 0 Å². The maximum Gasteiger partial charge on any atom is 0.255 e. The first-order chi connectivity index (χ1) is 16.3. The summed E-state index contributed by atoms with van der Waals surface area (Å²) in [6.45, 7) is 10.1. The molecule has 4 rings (SSSR count). The average Bonchev–Trinajstić information content (AvgIpc) is 2.83. The lowest BCUT2D eigenvalue weighted by atomic mass is 9.98. The summed E-state index contributed by atoms with van der Waals surface area (Å²) >= 11 is 6.18. The van der Waals surface area contributed by atoms with Gasteiger partial charge < -0.3 is 10.6 Å². The van der Waals surface area contributed by atoms with Crippen LogP contribution in [0, 0.1) is 12.8 Å². The molecule has 1 unspecified atom stereocenters. The number of halogens is 1. The highest BCUT2D eigenvalue weighted by Gasteiger charge is 2.19. The Kier molecular flexibility index (Phi) is 9.29. The van der Waals surface area contributed by atoms with Crippen LogP contribution in [0.25, 0.3) is 5.57 Å². The summed E-state index contributed by atoms with van der Waals surface area (Å²) in [4.78, 5) is 18.3. The summed E-state index contributed by atoms with van der Waals surface area (Å²) in [5, 5.41) is 0.749. The summed E-state index contributed by atoms with van der Waals surface area (Å²) in [6, 6.07) is 17.8. The number of aromatic nitrogens is 1. The van der Waals surface area contributed by atoms with Gasteiger partial charge in [-0.05, 0) is 55.0 Å². The van der Waals surface area contributed by atoms with Crippen molar-refractivity contribution >= 4 is 28.8 Å². The van der Waals surface area contributed by atoms with E-state index in [1.165, 1.54) is 18.4 Å². The smallest absolute Gasteiger partial charge is 0.255 e. The first-order valence-corrected chi connectivity index (χ1v) is 12.2. The third-order valence-electron chi connectivity index (χ3n) is 6.13. The lowest BCUT2D eigenvalue weighted by Crippen LogP contribution is -2.35. The molecule has 2 aromatic carbocycles. The van der Waals surface area contributed by atoms with Gasteiger partial charge in [-0.15, -0.1) is 0 Å². The highest BCUT2D eigenvalue weighted by Crippen LogP contribution is 2.28. The number of carbonyl (C=O) groups excluding carboxylic acids is 1. The van der Waals surface area contributed by atoms with Crippen molar-refractivity contribution in [1.29, 1.82) is 0 Å². The fourth-order valence-corrected chi connectivity index (χ4v) is 4.29. The molecule has 2 N–H and O–H groups in total. The molecule has 0 spiro atoms. The molecule has 178 valence electrons. The van der Waals surface area contributed by atoms with E-state index in [-0.39, 0.29) is 5.91 Å². The van der Waals surface area contributed by atoms with Crippen molar-refractivity contribution in [2.75, 3.05) is 18.8 Å². The highest BCUT2D eigenvalue weighted by atomic mass is 35.5. The average molecular weight is 476 g/mol. The van der Waals surface area contributed by atoms with Crippen LogP contribution in [0.4, 0.5) is 5.69 Å². The first-order valence-electron chi connectivity index (χ1n) is 11.9. The Morgan fingerprint density at radius 3 is 2.53 bits per heavy atom. The number of benzene rings is 2. The molecule has 1 saturated heterocycles. The molecule has 1 fully saturated rings. The summed E-state index contributed by atoms with van der Waals surface area (Å²) < 4.78 is 0. The zero-order chi connectivity index (χ0) is 24.5. The van der Waals surface area contributed by atoms with Gasteiger partial charge in [0.25, 0.3) is 5.91 Å². The summed E-state index contributed by atoms with van der Waals surface area (Å²) in [6.07, 6.45) is 7.82. The highest BCUT2D eigenvalue weighted by molar-refractivity contribution is 6.32. The molecule has 1 aromatic heterocycles. The van der Waals surface area contributed by atoms with Crippen molar-refractivity contribution in [3.63, 3.8) is 0 Å². The zero-order valence-electron chi connectivity index (χ0n) is 20.1. The Bertz CT molecular complexity index is 1110. The van der Waals surface area contributed by atoms with Crippen molar-refractivity contribution in [2.45, 2.75) is 39.5 Å². The van der Waals surface area contributed by atoms with Crippen LogP contribution in [0.5, 0.6) is 0 Å². The monoisotopic (exact) mass is 475 g/mol. The van der Waals surface area contributed by atoms with Crippen LogP contribution in [0.3, 0.4) is 0 Å². The molecule has 0 radical (unpaired) electrons. The number of pyridine rings is 1. The second-order valence-electron chi connectivity index (χ2n) is 9.02. The van der Waals surface area contributed by atoms with Crippen LogP contribution in [-0.4, -0.2) is 28.9 Å². The molecule has 0 aliphatic carbocycles. The van der Waals surface area contributed by atoms with E-state index in [2.05, 4.69) is 31.5 Å². The van der Waals surface area contributed by atoms with E-state index >= 15 is 0 Å². The van der Waals surface area contributed by atoms with Crippen molar-refractivity contribution in [2.24, 2.45) is 5.92 Å². The second kappa shape index (κ2) is 12.4. The van der Waals surface area contributed by atoms with Crippen LogP contribution < -0.4 is 5.73 Å². The number of nitrogen functional groups attached to an aromatic ring is 1. The van der Waals surface area contributed by atoms with Gasteiger partial charge in [0.05, 0.1) is 11.3 Å². The third-order valence-corrected chi connectivity index (χ3v) is 6.46. The van der Waals surface area contributed by atoms with E-state index in [0.717, 1.165) is 47.7 Å². The number of hydrogen-bond acceptors (Lipinski definition) is 3. The van der Waals surface area contributed by atoms with Gasteiger partial charge in [-0.2, -0.15) is 0 Å². The number of nitrogens with two attached hydrogens (primary N) is 1. The lowest BCUT2D eigenvalue weighted by molar-refractivity contribution is 0.0731. The number of amides is 1. The van der Waals surface area contributed by atoms with Crippen molar-refractivity contribution < 1.29 is 4.79 Å². The van der Waals surface area contributed by atoms with Crippen LogP contribution in [0.15, 0.2) is 73.6 Å². The number of carbonyl (C=O) groups is 1. The molecule has 0 bridgehead atoms. The molecule has 5 heteroatoms. The number of anilines is 1. The molecular weight excluding hydrogens is 442 g/mol. The quantitative estimate of drug-likeness (QED) is 0.442. The standard InChI is InChI=1S/C15H13Cl.C14H21N3O/c1-11-8-9-15(16)14(10-11)12(2)13-6-4-3-5-7-13;1-11-4-2-3-6-17(7-5-11)14(18)12-8-13(15)10-16-9-12/h3-10H,2H2,1H3;8-11H,2-7,15H2,1H3. The predicted octanol–water partition coefficient (Wildman–Crippen LogP) is 7.03. The van der Waals surface area contributed by atoms with Crippen molar-refractivity contribution in [3.05, 3.63) is 101 Å². The Morgan fingerprint density at radius 1 is 1.03 bits per heavy atom. The minimum atomic E-state index is 0.0592. The topological polar surface area (TPSA) is 59.2 Å². The molecule has 2 heterocycles. The van der Waals surface area contributed by atoms with Gasteiger partial charge >= 0.3 is 0 Å². The number of nitrogens with zero attached hydrogens (tertiary/aromatic N) is 2. The Morgan fingerprint density at radius 2 is 1.79 bits per heavy atom. The SMILES string of the molecule is C=C(c1ccccc1)c1cc(C)ccc1Cl.CC1CCCCN(C(=O)c2cncc(N)c2)CC1. The molecule has 1 aliphatic rings. The van der Waals surface area contributed by atoms with Gasteiger partial charge in [0.2, 0.25) is 0 Å². The summed E-state index contributed by atoms with van der Waals surface area (Å²) in [7, 11) is 0. The van der Waals surface area contributed by atoms with Gasteiger partial charge in [-0.1, -0.05) is 79.9 Å². The number of aryl methyl sites for hydroxylation is 1. The minimum absolute atomic E-state index is 0.0592. The summed E-state index contributed by atoms with van der Waals surface area (Å²) in [5.41, 5.74) is 11.1. The first kappa shape index (κ1) is 25.5. The Balaban J connectivity index is 0.000000192. The van der Waals surface area contributed by atoms with Gasteiger partial charge in [-0.3, -0.25) is 9.78 Å². The van der Waals surface area contributed by atoms with Crippen molar-refractivity contribution in [3.8, 4) is 0 Å². The van der Waals surface area contributed by atoms with Crippen molar-refractivity contribution in [1.82, 2.24) is 9.88 Å². The maximum atomic E-state index is 12.4. The van der Waals surface area contributed by atoms with E-state index in [0.29, 0.717) is 17.2 Å². The minimum Gasteiger partial charge on any atom is -0.397 e. The lowest BCUT2D eigenvalue weighted by Gasteiger charge is -2.27. The Hall–Kier alpha value is -3.11. The van der Waals surface area contributed by atoms with Gasteiger partial charge in [0, 0.05) is 36.1 Å². The number of rotatable bonds is 3. The molecule has 34 heavy (non-hydrogen) atoms. The molecule has 1 amide bonds. The predicted molar refractivity (Wildman–Crippen MR) is 143 cm³/mol. The molecule has 4 nitrogen and oxygen atoms in total. The van der Waals surface area contributed by atoms with Gasteiger partial charge in [-0.25, -0.2) is 0 Å². The van der Waals surface area contributed by atoms with E-state index in [4.69, 9.17) is 17.3 Å². The van der Waals surface area contributed by atoms with Gasteiger partial charge in [0.15, 0.2) is 0 Å².